The first kappa shape index (κ1) is 14.2. The maximum Gasteiger partial charge on any atom is 0.243 e. The monoisotopic (exact) mass is 263 g/mol. The van der Waals surface area contributed by atoms with E-state index in [2.05, 4.69) is 53.2 Å². The molecule has 5 heteroatoms. The van der Waals surface area contributed by atoms with E-state index < -0.39 is 0 Å². The molecule has 0 aliphatic heterocycles. The number of aryl methyl sites for hydroxylation is 2. The average Bonchev–Trinajstić information content (AvgIpc) is 3.28. The van der Waals surface area contributed by atoms with Crippen LogP contribution in [0.3, 0.4) is 0 Å². The lowest BCUT2D eigenvalue weighted by Gasteiger charge is -2.24. The molecule has 1 aromatic heterocycles. The van der Waals surface area contributed by atoms with E-state index in [1.54, 1.807) is 0 Å². The van der Waals surface area contributed by atoms with E-state index >= 15 is 0 Å². The summed E-state index contributed by atoms with van der Waals surface area (Å²) in [6, 6.07) is 1.27. The van der Waals surface area contributed by atoms with Crippen molar-refractivity contribution in [3.8, 4) is 0 Å². The number of nitrogens with zero attached hydrogens (tertiary/aromatic N) is 4. The second-order valence-corrected chi connectivity index (χ2v) is 5.36. The van der Waals surface area contributed by atoms with E-state index in [1.807, 2.05) is 0 Å². The van der Waals surface area contributed by atoms with E-state index in [9.17, 15) is 0 Å². The maximum absolute atomic E-state index is 4.55. The molecule has 1 aromatic rings. The van der Waals surface area contributed by atoms with Gasteiger partial charge in [-0.15, -0.1) is 5.10 Å². The van der Waals surface area contributed by atoms with E-state index in [0.29, 0.717) is 12.0 Å². The Kier molecular flexibility index (Phi) is 4.69. The summed E-state index contributed by atoms with van der Waals surface area (Å²) in [5, 5.41) is 11.7. The van der Waals surface area contributed by atoms with Gasteiger partial charge in [-0.3, -0.25) is 4.90 Å². The number of anilines is 1. The van der Waals surface area contributed by atoms with Gasteiger partial charge in [-0.25, -0.2) is 4.98 Å². The third-order valence-electron chi connectivity index (χ3n) is 3.88. The number of hydrogen-bond donors (Lipinski definition) is 1. The Morgan fingerprint density at radius 2 is 1.89 bits per heavy atom. The van der Waals surface area contributed by atoms with Crippen LogP contribution in [-0.2, 0) is 12.8 Å². The fraction of sp³-hybridized carbons (Fsp3) is 0.786. The molecule has 0 amide bonds. The second-order valence-electron chi connectivity index (χ2n) is 5.36. The number of likely N-dealkylation sites (N-methyl/N-ethyl adjacent to an activating group) is 1. The van der Waals surface area contributed by atoms with Gasteiger partial charge in [-0.05, 0) is 39.7 Å². The van der Waals surface area contributed by atoms with E-state index in [4.69, 9.17) is 0 Å². The van der Waals surface area contributed by atoms with Gasteiger partial charge in [0, 0.05) is 18.6 Å². The van der Waals surface area contributed by atoms with Crippen LogP contribution in [0.25, 0.3) is 0 Å². The van der Waals surface area contributed by atoms with Crippen molar-refractivity contribution in [3.63, 3.8) is 0 Å². The number of rotatable bonds is 7. The summed E-state index contributed by atoms with van der Waals surface area (Å²) < 4.78 is 0. The van der Waals surface area contributed by atoms with Crippen molar-refractivity contribution in [2.75, 3.05) is 18.9 Å². The van der Waals surface area contributed by atoms with Crippen LogP contribution in [0, 0.1) is 0 Å². The van der Waals surface area contributed by atoms with Gasteiger partial charge in [0.1, 0.15) is 0 Å². The first-order valence-electron chi connectivity index (χ1n) is 7.34. The third kappa shape index (κ3) is 3.62. The van der Waals surface area contributed by atoms with Crippen molar-refractivity contribution in [3.05, 3.63) is 11.4 Å². The minimum atomic E-state index is 0.493. The molecule has 0 spiro atoms. The van der Waals surface area contributed by atoms with Gasteiger partial charge in [0.25, 0.3) is 0 Å². The van der Waals surface area contributed by atoms with Crippen LogP contribution in [0.5, 0.6) is 0 Å². The van der Waals surface area contributed by atoms with Crippen LogP contribution in [0.15, 0.2) is 0 Å². The Balaban J connectivity index is 1.91. The fourth-order valence-corrected chi connectivity index (χ4v) is 2.24. The molecule has 1 N–H and O–H groups in total. The maximum atomic E-state index is 4.55. The molecule has 1 atom stereocenters. The summed E-state index contributed by atoms with van der Waals surface area (Å²) in [5.41, 5.74) is 2.07. The number of nitrogens with one attached hydrogen (secondary N) is 1. The standard InChI is InChI=1S/C14H25N5/c1-5-12-13(6-2)17-18-14(16-12)15-9-10(3)19(4)11-7-8-11/h10-11H,5-9H2,1-4H3,(H,15,16,18). The SMILES string of the molecule is CCc1nnc(NCC(C)N(C)C2CC2)nc1CC. The molecular weight excluding hydrogens is 238 g/mol. The molecule has 1 unspecified atom stereocenters. The Hall–Kier alpha value is -1.23. The molecule has 5 nitrogen and oxygen atoms in total. The van der Waals surface area contributed by atoms with Gasteiger partial charge in [-0.1, -0.05) is 13.8 Å². The molecule has 2 rings (SSSR count). The lowest BCUT2D eigenvalue weighted by Crippen LogP contribution is -2.36. The predicted molar refractivity (Wildman–Crippen MR) is 77.3 cm³/mol. The summed E-state index contributed by atoms with van der Waals surface area (Å²) in [6.07, 6.45) is 4.48. The summed E-state index contributed by atoms with van der Waals surface area (Å²) in [6.45, 7) is 7.30. The van der Waals surface area contributed by atoms with Crippen molar-refractivity contribution in [1.82, 2.24) is 20.1 Å². The second kappa shape index (κ2) is 6.28. The Bertz CT molecular complexity index is 416. The molecule has 0 bridgehead atoms. The topological polar surface area (TPSA) is 53.9 Å². The molecule has 1 fully saturated rings. The first-order valence-corrected chi connectivity index (χ1v) is 7.34. The zero-order chi connectivity index (χ0) is 13.8. The molecule has 1 heterocycles. The van der Waals surface area contributed by atoms with Crippen LogP contribution < -0.4 is 5.32 Å². The number of aromatic nitrogens is 3. The van der Waals surface area contributed by atoms with Crippen molar-refractivity contribution < 1.29 is 0 Å². The molecule has 19 heavy (non-hydrogen) atoms. The highest BCUT2D eigenvalue weighted by atomic mass is 15.3. The minimum absolute atomic E-state index is 0.493. The molecule has 1 saturated carbocycles. The molecule has 0 saturated heterocycles. The normalized spacial score (nSPS) is 16.7. The van der Waals surface area contributed by atoms with Crippen LogP contribution in [0.2, 0.25) is 0 Å². The average molecular weight is 263 g/mol. The Morgan fingerprint density at radius 3 is 2.47 bits per heavy atom. The lowest BCUT2D eigenvalue weighted by atomic mass is 10.2. The third-order valence-corrected chi connectivity index (χ3v) is 3.88. The van der Waals surface area contributed by atoms with Crippen LogP contribution in [-0.4, -0.2) is 45.8 Å². The largest absolute Gasteiger partial charge is 0.351 e. The van der Waals surface area contributed by atoms with Crippen molar-refractivity contribution >= 4 is 5.95 Å². The summed E-state index contributed by atoms with van der Waals surface area (Å²) in [7, 11) is 2.20. The summed E-state index contributed by atoms with van der Waals surface area (Å²) in [4.78, 5) is 6.98. The summed E-state index contributed by atoms with van der Waals surface area (Å²) >= 11 is 0. The predicted octanol–water partition coefficient (Wildman–Crippen LogP) is 1.89. The highest BCUT2D eigenvalue weighted by Gasteiger charge is 2.28. The lowest BCUT2D eigenvalue weighted by molar-refractivity contribution is 0.257. The molecule has 106 valence electrons. The molecule has 1 aliphatic carbocycles. The van der Waals surface area contributed by atoms with Gasteiger partial charge in [-0.2, -0.15) is 5.10 Å². The zero-order valence-electron chi connectivity index (χ0n) is 12.5. The molecule has 0 aromatic carbocycles. The smallest absolute Gasteiger partial charge is 0.243 e. The molecular formula is C14H25N5. The van der Waals surface area contributed by atoms with E-state index in [0.717, 1.165) is 36.8 Å². The Morgan fingerprint density at radius 1 is 1.21 bits per heavy atom. The fourth-order valence-electron chi connectivity index (χ4n) is 2.24. The van der Waals surface area contributed by atoms with E-state index in [1.165, 1.54) is 12.8 Å². The molecule has 1 aliphatic rings. The first-order chi connectivity index (χ1) is 9.15. The minimum Gasteiger partial charge on any atom is -0.351 e. The van der Waals surface area contributed by atoms with E-state index in [-0.39, 0.29) is 0 Å². The Labute approximate surface area is 115 Å². The van der Waals surface area contributed by atoms with Gasteiger partial charge in [0.05, 0.1) is 11.4 Å². The zero-order valence-corrected chi connectivity index (χ0v) is 12.5. The van der Waals surface area contributed by atoms with Crippen LogP contribution >= 0.6 is 0 Å². The van der Waals surface area contributed by atoms with Crippen LogP contribution in [0.1, 0.15) is 45.0 Å². The molecule has 0 radical (unpaired) electrons. The van der Waals surface area contributed by atoms with Crippen molar-refractivity contribution in [2.45, 2.75) is 58.5 Å². The van der Waals surface area contributed by atoms with Crippen molar-refractivity contribution in [2.24, 2.45) is 0 Å². The van der Waals surface area contributed by atoms with Crippen LogP contribution in [0.4, 0.5) is 5.95 Å². The van der Waals surface area contributed by atoms with Gasteiger partial charge in [0.2, 0.25) is 5.95 Å². The van der Waals surface area contributed by atoms with Gasteiger partial charge >= 0.3 is 0 Å². The highest BCUT2D eigenvalue weighted by Crippen LogP contribution is 2.26. The van der Waals surface area contributed by atoms with Crippen molar-refractivity contribution in [1.29, 1.82) is 0 Å². The van der Waals surface area contributed by atoms with Gasteiger partial charge in [0.15, 0.2) is 0 Å². The van der Waals surface area contributed by atoms with Gasteiger partial charge < -0.3 is 5.32 Å². The number of hydrogen-bond acceptors (Lipinski definition) is 5. The summed E-state index contributed by atoms with van der Waals surface area (Å²) in [5.74, 6) is 0.657. The quantitative estimate of drug-likeness (QED) is 0.814. The highest BCUT2D eigenvalue weighted by molar-refractivity contribution is 5.26.